The van der Waals surface area contributed by atoms with Gasteiger partial charge in [-0.25, -0.2) is 9.97 Å². The Kier molecular flexibility index (Phi) is 6.19. The van der Waals surface area contributed by atoms with Gasteiger partial charge in [-0.05, 0) is 76.5 Å². The Hall–Kier alpha value is -5.35. The second kappa shape index (κ2) is 10.4. The van der Waals surface area contributed by atoms with Crippen LogP contribution in [0.3, 0.4) is 0 Å². The van der Waals surface area contributed by atoms with Crippen molar-refractivity contribution in [1.82, 2.24) is 20.3 Å². The second-order valence-corrected chi connectivity index (χ2v) is 9.83. The topological polar surface area (TPSA) is 50.7 Å². The minimum Gasteiger partial charge on any atom is -0.387 e. The summed E-state index contributed by atoms with van der Waals surface area (Å²) in [5.41, 5.74) is 10.7. The normalized spacial score (nSPS) is 12.7. The number of allylic oxidation sites excluding steroid dienone is 2. The van der Waals surface area contributed by atoms with E-state index in [0.29, 0.717) is 5.82 Å². The minimum atomic E-state index is 0.700. The van der Waals surface area contributed by atoms with Crippen LogP contribution in [-0.4, -0.2) is 21.5 Å². The Labute approximate surface area is 233 Å². The van der Waals surface area contributed by atoms with Crippen molar-refractivity contribution in [2.45, 2.75) is 0 Å². The van der Waals surface area contributed by atoms with E-state index < -0.39 is 0 Å². The van der Waals surface area contributed by atoms with Crippen LogP contribution in [-0.2, 0) is 0 Å². The van der Waals surface area contributed by atoms with E-state index in [2.05, 4.69) is 101 Å². The summed E-state index contributed by atoms with van der Waals surface area (Å²) in [5, 5.41) is 4.36. The number of para-hydroxylation sites is 1. The third-order valence-corrected chi connectivity index (χ3v) is 7.21. The summed E-state index contributed by atoms with van der Waals surface area (Å²) in [5.74, 6) is 0.700. The Morgan fingerprint density at radius 1 is 0.575 bits per heavy atom. The molecule has 1 aliphatic heterocycles. The summed E-state index contributed by atoms with van der Waals surface area (Å²) < 4.78 is 0. The summed E-state index contributed by atoms with van der Waals surface area (Å²) in [6, 6.07) is 37.9. The molecule has 6 aromatic rings. The van der Waals surface area contributed by atoms with Gasteiger partial charge < -0.3 is 5.32 Å². The zero-order valence-electron chi connectivity index (χ0n) is 21.8. The molecule has 1 aliphatic rings. The number of rotatable bonds is 5. The summed E-state index contributed by atoms with van der Waals surface area (Å²) >= 11 is 0. The van der Waals surface area contributed by atoms with Gasteiger partial charge in [0.2, 0.25) is 0 Å². The molecule has 7 rings (SSSR count). The standard InChI is InChI=1S/C36H26N4/c1-2-9-25(10-3-1)26-11-6-12-27(19-26)35-33-15-4-5-16-34(33)39-36(40-35)32-21-30(28-13-7-17-37-23-28)20-31(22-32)29-14-8-18-38-24-29/h1-23,38H,24H2. The summed E-state index contributed by atoms with van der Waals surface area (Å²) in [6.45, 7) is 0.766. The molecule has 0 bridgehead atoms. The van der Waals surface area contributed by atoms with Gasteiger partial charge in [-0.3, -0.25) is 4.98 Å². The molecular formula is C36H26N4. The Morgan fingerprint density at radius 2 is 1.32 bits per heavy atom. The highest BCUT2D eigenvalue weighted by atomic mass is 14.9. The van der Waals surface area contributed by atoms with Crippen LogP contribution in [0, 0.1) is 0 Å². The minimum absolute atomic E-state index is 0.700. The van der Waals surface area contributed by atoms with Crippen molar-refractivity contribution >= 4 is 16.5 Å². The Morgan fingerprint density at radius 3 is 2.17 bits per heavy atom. The van der Waals surface area contributed by atoms with E-state index in [1.807, 2.05) is 42.7 Å². The number of hydrogen-bond acceptors (Lipinski definition) is 4. The van der Waals surface area contributed by atoms with Crippen LogP contribution < -0.4 is 5.32 Å². The lowest BCUT2D eigenvalue weighted by Crippen LogP contribution is -2.11. The molecule has 1 N–H and O–H groups in total. The maximum absolute atomic E-state index is 5.22. The zero-order chi connectivity index (χ0) is 26.7. The molecule has 3 heterocycles. The van der Waals surface area contributed by atoms with Crippen LogP contribution in [0.25, 0.3) is 61.4 Å². The quantitative estimate of drug-likeness (QED) is 0.252. The van der Waals surface area contributed by atoms with Crippen molar-refractivity contribution in [3.8, 4) is 44.9 Å². The molecule has 4 nitrogen and oxygen atoms in total. The first kappa shape index (κ1) is 23.7. The monoisotopic (exact) mass is 514 g/mol. The first-order chi connectivity index (χ1) is 19.8. The molecule has 0 atom stereocenters. The largest absolute Gasteiger partial charge is 0.387 e. The summed E-state index contributed by atoms with van der Waals surface area (Å²) in [7, 11) is 0. The Bertz CT molecular complexity index is 1890. The highest BCUT2D eigenvalue weighted by Crippen LogP contribution is 2.34. The van der Waals surface area contributed by atoms with Gasteiger partial charge in [0.1, 0.15) is 0 Å². The predicted octanol–water partition coefficient (Wildman–Crippen LogP) is 8.19. The molecule has 190 valence electrons. The number of aromatic nitrogens is 3. The molecule has 40 heavy (non-hydrogen) atoms. The zero-order valence-corrected chi connectivity index (χ0v) is 21.8. The fraction of sp³-hybridized carbons (Fsp3) is 0.0278. The van der Waals surface area contributed by atoms with Gasteiger partial charge in [-0.2, -0.15) is 0 Å². The molecule has 0 fully saturated rings. The van der Waals surface area contributed by atoms with E-state index in [-0.39, 0.29) is 0 Å². The van der Waals surface area contributed by atoms with Crippen LogP contribution >= 0.6 is 0 Å². The van der Waals surface area contributed by atoms with E-state index in [0.717, 1.165) is 56.5 Å². The molecular weight excluding hydrogens is 488 g/mol. The lowest BCUT2D eigenvalue weighted by Gasteiger charge is -2.15. The van der Waals surface area contributed by atoms with E-state index >= 15 is 0 Å². The molecule has 0 spiro atoms. The van der Waals surface area contributed by atoms with Crippen molar-refractivity contribution in [2.24, 2.45) is 0 Å². The van der Waals surface area contributed by atoms with E-state index in [1.54, 1.807) is 6.20 Å². The van der Waals surface area contributed by atoms with Crippen molar-refractivity contribution in [2.75, 3.05) is 6.54 Å². The smallest absolute Gasteiger partial charge is 0.160 e. The third-order valence-electron chi connectivity index (χ3n) is 7.21. The summed E-state index contributed by atoms with van der Waals surface area (Å²) in [6.07, 6.45) is 9.87. The lowest BCUT2D eigenvalue weighted by molar-refractivity contribution is 0.986. The van der Waals surface area contributed by atoms with Crippen LogP contribution in [0.4, 0.5) is 0 Å². The number of fused-ring (bicyclic) bond motifs is 1. The number of pyridine rings is 1. The molecule has 4 aromatic carbocycles. The first-order valence-electron chi connectivity index (χ1n) is 13.4. The van der Waals surface area contributed by atoms with Gasteiger partial charge in [-0.1, -0.05) is 78.9 Å². The number of benzene rings is 4. The SMILES string of the molecule is C1=CNCC(c2cc(-c3cccnc3)cc(-c3nc(-c4cccc(-c5ccccc5)c4)c4ccccc4n3)c2)=C1. The van der Waals surface area contributed by atoms with Gasteiger partial charge in [0.25, 0.3) is 0 Å². The molecule has 0 saturated carbocycles. The molecule has 0 amide bonds. The average Bonchev–Trinajstić information content (AvgIpc) is 3.05. The van der Waals surface area contributed by atoms with Crippen molar-refractivity contribution < 1.29 is 0 Å². The second-order valence-electron chi connectivity index (χ2n) is 9.83. The van der Waals surface area contributed by atoms with E-state index in [4.69, 9.17) is 9.97 Å². The fourth-order valence-corrected chi connectivity index (χ4v) is 5.20. The van der Waals surface area contributed by atoms with Crippen LogP contribution in [0.5, 0.6) is 0 Å². The molecule has 0 radical (unpaired) electrons. The molecule has 0 saturated heterocycles. The maximum Gasteiger partial charge on any atom is 0.160 e. The van der Waals surface area contributed by atoms with E-state index in [1.165, 1.54) is 11.1 Å². The van der Waals surface area contributed by atoms with Crippen LogP contribution in [0.1, 0.15) is 5.56 Å². The molecule has 2 aromatic heterocycles. The molecule has 0 unspecified atom stereocenters. The summed E-state index contributed by atoms with van der Waals surface area (Å²) in [4.78, 5) is 14.6. The van der Waals surface area contributed by atoms with E-state index in [9.17, 15) is 0 Å². The fourth-order valence-electron chi connectivity index (χ4n) is 5.20. The lowest BCUT2D eigenvalue weighted by atomic mass is 9.95. The number of dihydropyridines is 1. The van der Waals surface area contributed by atoms with Crippen LogP contribution in [0.15, 0.2) is 140 Å². The van der Waals surface area contributed by atoms with Gasteiger partial charge >= 0.3 is 0 Å². The highest BCUT2D eigenvalue weighted by molar-refractivity contribution is 5.94. The number of hydrogen-bond donors (Lipinski definition) is 1. The van der Waals surface area contributed by atoms with Crippen molar-refractivity contribution in [1.29, 1.82) is 0 Å². The predicted molar refractivity (Wildman–Crippen MR) is 164 cm³/mol. The van der Waals surface area contributed by atoms with Gasteiger partial charge in [0, 0.05) is 41.0 Å². The van der Waals surface area contributed by atoms with Crippen molar-refractivity contribution in [3.63, 3.8) is 0 Å². The van der Waals surface area contributed by atoms with Gasteiger partial charge in [-0.15, -0.1) is 0 Å². The molecule has 4 heteroatoms. The van der Waals surface area contributed by atoms with Gasteiger partial charge in [0.15, 0.2) is 5.82 Å². The third kappa shape index (κ3) is 4.67. The van der Waals surface area contributed by atoms with Crippen molar-refractivity contribution in [3.05, 3.63) is 146 Å². The molecule has 0 aliphatic carbocycles. The Balaban J connectivity index is 1.43. The first-order valence-corrected chi connectivity index (χ1v) is 13.4. The average molecular weight is 515 g/mol. The van der Waals surface area contributed by atoms with Crippen LogP contribution in [0.2, 0.25) is 0 Å². The number of nitrogens with zero attached hydrogens (tertiary/aromatic N) is 3. The number of nitrogens with one attached hydrogen (secondary N) is 1. The highest BCUT2D eigenvalue weighted by Gasteiger charge is 2.15. The maximum atomic E-state index is 5.22. The van der Waals surface area contributed by atoms with Gasteiger partial charge in [0.05, 0.1) is 11.2 Å².